The van der Waals surface area contributed by atoms with Gasteiger partial charge in [-0.3, -0.25) is 9.09 Å². The number of nitrogens with zero attached hydrogens (tertiary/aromatic N) is 2. The van der Waals surface area contributed by atoms with Gasteiger partial charge < -0.3 is 25.4 Å². The molecule has 3 atom stereocenters. The van der Waals surface area contributed by atoms with Crippen molar-refractivity contribution in [1.82, 2.24) is 9.55 Å². The molecule has 1 aliphatic heterocycles. The zero-order valence-electron chi connectivity index (χ0n) is 10.5. The Morgan fingerprint density at radius 1 is 1.62 bits per heavy atom. The van der Waals surface area contributed by atoms with Crippen LogP contribution < -0.4 is 11.4 Å². The van der Waals surface area contributed by atoms with E-state index < -0.39 is 50.2 Å². The first kappa shape index (κ1) is 16.0. The molecule has 1 unspecified atom stereocenters. The highest BCUT2D eigenvalue weighted by atomic mass is 31.2. The largest absolute Gasteiger partial charge is 0.469 e. The van der Waals surface area contributed by atoms with Gasteiger partial charge in [-0.1, -0.05) is 0 Å². The number of hydrogen-bond acceptors (Lipinski definition) is 7. The lowest BCUT2D eigenvalue weighted by Gasteiger charge is -2.16. The van der Waals surface area contributed by atoms with Crippen LogP contribution in [-0.4, -0.2) is 43.3 Å². The molecule has 10 nitrogen and oxygen atoms in total. The predicted octanol–water partition coefficient (Wildman–Crippen LogP) is -1.28. The van der Waals surface area contributed by atoms with E-state index in [0.29, 0.717) is 0 Å². The van der Waals surface area contributed by atoms with E-state index in [2.05, 4.69) is 9.51 Å². The maximum absolute atomic E-state index is 13.3. The lowest BCUT2D eigenvalue weighted by molar-refractivity contribution is -0.0452. The van der Waals surface area contributed by atoms with Crippen molar-refractivity contribution < 1.29 is 33.1 Å². The van der Waals surface area contributed by atoms with Crippen molar-refractivity contribution in [3.63, 3.8) is 0 Å². The average Bonchev–Trinajstić information content (AvgIpc) is 2.72. The van der Waals surface area contributed by atoms with Crippen LogP contribution in [0.4, 0.5) is 10.2 Å². The van der Waals surface area contributed by atoms with E-state index in [1.807, 2.05) is 0 Å². The molecule has 118 valence electrons. The molecule has 1 fully saturated rings. The van der Waals surface area contributed by atoms with E-state index in [0.717, 1.165) is 10.8 Å². The van der Waals surface area contributed by atoms with Crippen LogP contribution >= 0.6 is 7.82 Å². The molecule has 0 spiro atoms. The van der Waals surface area contributed by atoms with Gasteiger partial charge in [0.25, 0.3) is 0 Å². The van der Waals surface area contributed by atoms with Crippen LogP contribution in [0.15, 0.2) is 11.0 Å². The highest BCUT2D eigenvalue weighted by molar-refractivity contribution is 7.46. The normalized spacial score (nSPS) is 26.2. The van der Waals surface area contributed by atoms with Crippen molar-refractivity contribution in [2.24, 2.45) is 0 Å². The molecule has 2 heterocycles. The molecule has 0 aliphatic carbocycles. The number of nitrogens with two attached hydrogens (primary N) is 1. The Morgan fingerprint density at radius 3 is 2.90 bits per heavy atom. The van der Waals surface area contributed by atoms with E-state index in [-0.39, 0.29) is 6.42 Å². The van der Waals surface area contributed by atoms with Gasteiger partial charge in [-0.25, -0.2) is 13.8 Å². The van der Waals surface area contributed by atoms with Crippen LogP contribution in [0.25, 0.3) is 0 Å². The summed E-state index contributed by atoms with van der Waals surface area (Å²) in [6, 6.07) is 0. The monoisotopic (exact) mass is 325 g/mol. The average molecular weight is 325 g/mol. The maximum atomic E-state index is 13.3. The van der Waals surface area contributed by atoms with E-state index in [4.69, 9.17) is 20.3 Å². The van der Waals surface area contributed by atoms with Crippen LogP contribution in [0.2, 0.25) is 0 Å². The fourth-order valence-electron chi connectivity index (χ4n) is 1.87. The molecule has 0 radical (unpaired) electrons. The molecule has 1 aliphatic rings. The first-order valence-electron chi connectivity index (χ1n) is 5.75. The van der Waals surface area contributed by atoms with Crippen molar-refractivity contribution in [3.8, 4) is 0 Å². The van der Waals surface area contributed by atoms with Gasteiger partial charge >= 0.3 is 13.5 Å². The number of anilines is 1. The second-order valence-electron chi connectivity index (χ2n) is 4.38. The van der Waals surface area contributed by atoms with Crippen molar-refractivity contribution in [3.05, 3.63) is 22.5 Å². The third kappa shape index (κ3) is 3.84. The number of phosphoric ester groups is 1. The number of aliphatic hydroxyl groups excluding tert-OH is 1. The van der Waals surface area contributed by atoms with Gasteiger partial charge in [0, 0.05) is 6.42 Å². The number of halogens is 1. The number of nitrogen functional groups attached to an aromatic ring is 1. The van der Waals surface area contributed by atoms with Gasteiger partial charge in [0.15, 0.2) is 11.6 Å². The van der Waals surface area contributed by atoms with Crippen LogP contribution in [0.5, 0.6) is 0 Å². The first-order chi connectivity index (χ1) is 9.67. The number of ether oxygens (including phenoxy) is 1. The second-order valence-corrected chi connectivity index (χ2v) is 5.62. The minimum atomic E-state index is -4.71. The van der Waals surface area contributed by atoms with Crippen LogP contribution in [0, 0.1) is 5.82 Å². The van der Waals surface area contributed by atoms with E-state index in [1.165, 1.54) is 0 Å². The number of aromatic nitrogens is 2. The summed E-state index contributed by atoms with van der Waals surface area (Å²) >= 11 is 0. The number of aliphatic hydroxyl groups is 1. The molecule has 0 aromatic carbocycles. The Kier molecular flexibility index (Phi) is 4.42. The Labute approximate surface area is 117 Å². The van der Waals surface area contributed by atoms with Crippen molar-refractivity contribution in [2.75, 3.05) is 12.3 Å². The summed E-state index contributed by atoms with van der Waals surface area (Å²) in [5, 5.41) is 9.72. The summed E-state index contributed by atoms with van der Waals surface area (Å²) in [6.07, 6.45) is -2.57. The molecule has 1 saturated heterocycles. The highest BCUT2D eigenvalue weighted by Gasteiger charge is 2.37. The van der Waals surface area contributed by atoms with Crippen molar-refractivity contribution >= 4 is 13.6 Å². The standard InChI is InChI=1S/C9H13FN3O7P/c10-4-2-13(9(15)12-8(4)11)7-1-5(14)6(20-7)3-19-21(16,17)18/h2,5-7,14H,1,3H2,(H2,11,12,15)(H2,16,17,18)/t5?,6-,7-/m1/s1. The third-order valence-corrected chi connectivity index (χ3v) is 3.34. The molecule has 0 bridgehead atoms. The summed E-state index contributed by atoms with van der Waals surface area (Å²) in [4.78, 5) is 32.0. The lowest BCUT2D eigenvalue weighted by Crippen LogP contribution is -2.29. The zero-order valence-corrected chi connectivity index (χ0v) is 11.4. The van der Waals surface area contributed by atoms with Gasteiger partial charge in [-0.05, 0) is 0 Å². The zero-order chi connectivity index (χ0) is 15.8. The SMILES string of the molecule is Nc1nc(=O)n([C@H]2CC(O)[C@@H](COP(=O)(O)O)O2)cc1F. The molecule has 12 heteroatoms. The Hall–Kier alpha value is -1.36. The lowest BCUT2D eigenvalue weighted by atomic mass is 10.2. The smallest absolute Gasteiger partial charge is 0.390 e. The molecule has 21 heavy (non-hydrogen) atoms. The number of rotatable bonds is 4. The van der Waals surface area contributed by atoms with Crippen LogP contribution in [0.3, 0.4) is 0 Å². The molecule has 2 rings (SSSR count). The molecule has 5 N–H and O–H groups in total. The first-order valence-corrected chi connectivity index (χ1v) is 7.28. The minimum Gasteiger partial charge on any atom is -0.390 e. The molecule has 1 aromatic heterocycles. The van der Waals surface area contributed by atoms with Gasteiger partial charge in [-0.15, -0.1) is 0 Å². The third-order valence-electron chi connectivity index (χ3n) is 2.86. The number of hydrogen-bond donors (Lipinski definition) is 4. The fraction of sp³-hybridized carbons (Fsp3) is 0.556. The van der Waals surface area contributed by atoms with Gasteiger partial charge in [0.05, 0.1) is 18.9 Å². The maximum Gasteiger partial charge on any atom is 0.469 e. The van der Waals surface area contributed by atoms with Gasteiger partial charge in [0.1, 0.15) is 12.3 Å². The summed E-state index contributed by atoms with van der Waals surface area (Å²) in [7, 11) is -4.71. The van der Waals surface area contributed by atoms with Gasteiger partial charge in [0.2, 0.25) is 0 Å². The molecular formula is C9H13FN3O7P. The van der Waals surface area contributed by atoms with Gasteiger partial charge in [-0.2, -0.15) is 4.98 Å². The summed E-state index contributed by atoms with van der Waals surface area (Å²) in [6.45, 7) is -0.582. The van der Waals surface area contributed by atoms with Crippen molar-refractivity contribution in [1.29, 1.82) is 0 Å². The molecular weight excluding hydrogens is 312 g/mol. The topological polar surface area (TPSA) is 157 Å². The predicted molar refractivity (Wildman–Crippen MR) is 65.4 cm³/mol. The van der Waals surface area contributed by atoms with Crippen molar-refractivity contribution in [2.45, 2.75) is 24.9 Å². The minimum absolute atomic E-state index is 0.0971. The molecule has 0 amide bonds. The van der Waals surface area contributed by atoms with Crippen LogP contribution in [-0.2, 0) is 13.8 Å². The Bertz CT molecular complexity index is 632. The highest BCUT2D eigenvalue weighted by Crippen LogP contribution is 2.38. The fourth-order valence-corrected chi connectivity index (χ4v) is 2.21. The second kappa shape index (κ2) is 5.79. The quantitative estimate of drug-likeness (QED) is 0.495. The van der Waals surface area contributed by atoms with E-state index >= 15 is 0 Å². The summed E-state index contributed by atoms with van der Waals surface area (Å²) < 4.78 is 34.2. The van der Waals surface area contributed by atoms with Crippen LogP contribution in [0.1, 0.15) is 12.6 Å². The number of phosphoric acid groups is 1. The Balaban J connectivity index is 2.12. The van der Waals surface area contributed by atoms with E-state index in [1.54, 1.807) is 0 Å². The summed E-state index contributed by atoms with van der Waals surface area (Å²) in [5.74, 6) is -1.49. The Morgan fingerprint density at radius 2 is 2.29 bits per heavy atom. The molecule has 1 aromatic rings. The molecule has 0 saturated carbocycles. The summed E-state index contributed by atoms with van der Waals surface area (Å²) in [5.41, 5.74) is 4.27. The van der Waals surface area contributed by atoms with E-state index in [9.17, 15) is 18.9 Å².